The molecule has 1 aromatic heterocycles. The monoisotopic (exact) mass is 322 g/mol. The summed E-state index contributed by atoms with van der Waals surface area (Å²) in [7, 11) is 0. The predicted octanol–water partition coefficient (Wildman–Crippen LogP) is 4.56. The van der Waals surface area contributed by atoms with E-state index in [-0.39, 0.29) is 11.7 Å². The third kappa shape index (κ3) is 2.42. The highest BCUT2D eigenvalue weighted by molar-refractivity contribution is 5.90. The molecule has 0 saturated heterocycles. The van der Waals surface area contributed by atoms with Crippen LogP contribution in [0.25, 0.3) is 16.6 Å². The van der Waals surface area contributed by atoms with Gasteiger partial charge in [0.25, 0.3) is 0 Å². The van der Waals surface area contributed by atoms with E-state index in [1.54, 1.807) is 12.1 Å². The van der Waals surface area contributed by atoms with Crippen LogP contribution in [0, 0.1) is 5.82 Å². The van der Waals surface area contributed by atoms with Crippen LogP contribution in [0.4, 0.5) is 4.39 Å². The van der Waals surface area contributed by atoms with E-state index in [1.165, 1.54) is 17.7 Å². The highest BCUT2D eigenvalue weighted by Gasteiger charge is 2.25. The van der Waals surface area contributed by atoms with Gasteiger partial charge in [-0.2, -0.15) is 5.10 Å². The zero-order chi connectivity index (χ0) is 16.7. The summed E-state index contributed by atoms with van der Waals surface area (Å²) in [6.45, 7) is 2.07. The van der Waals surface area contributed by atoms with Gasteiger partial charge in [0.1, 0.15) is 11.6 Å². The molecule has 3 nitrogen and oxygen atoms in total. The minimum atomic E-state index is -0.256. The highest BCUT2D eigenvalue weighted by atomic mass is 19.1. The van der Waals surface area contributed by atoms with Gasteiger partial charge in [0, 0.05) is 17.7 Å². The van der Waals surface area contributed by atoms with Gasteiger partial charge in [-0.3, -0.25) is 4.79 Å². The topological polar surface area (TPSA) is 34.9 Å². The molecule has 3 aromatic rings. The summed E-state index contributed by atoms with van der Waals surface area (Å²) in [4.78, 5) is 12.3. The van der Waals surface area contributed by atoms with Gasteiger partial charge in [-0.25, -0.2) is 9.07 Å². The fourth-order valence-corrected chi connectivity index (χ4v) is 3.71. The van der Waals surface area contributed by atoms with Gasteiger partial charge < -0.3 is 0 Å². The van der Waals surface area contributed by atoms with Gasteiger partial charge in [0.15, 0.2) is 0 Å². The normalized spacial score (nSPS) is 17.8. The van der Waals surface area contributed by atoms with E-state index in [4.69, 9.17) is 0 Å². The summed E-state index contributed by atoms with van der Waals surface area (Å²) in [6, 6.07) is 10.6. The van der Waals surface area contributed by atoms with Crippen LogP contribution in [0.15, 0.2) is 42.6 Å². The van der Waals surface area contributed by atoms with Crippen LogP contribution in [0.5, 0.6) is 0 Å². The molecule has 4 rings (SSSR count). The van der Waals surface area contributed by atoms with Gasteiger partial charge in [-0.05, 0) is 66.8 Å². The third-order valence-electron chi connectivity index (χ3n) is 4.94. The molecule has 0 spiro atoms. The Morgan fingerprint density at radius 2 is 2.00 bits per heavy atom. The lowest BCUT2D eigenvalue weighted by molar-refractivity contribution is -0.120. The Morgan fingerprint density at radius 1 is 1.21 bits per heavy atom. The maximum atomic E-state index is 13.2. The molecule has 0 N–H and O–H groups in total. The highest BCUT2D eigenvalue weighted by Crippen LogP contribution is 2.34. The van der Waals surface area contributed by atoms with Crippen molar-refractivity contribution in [3.8, 4) is 5.69 Å². The lowest BCUT2D eigenvalue weighted by atomic mass is 9.89. The first-order chi connectivity index (χ1) is 11.7. The summed E-state index contributed by atoms with van der Waals surface area (Å²) in [5.74, 6) is 0.0935. The molecule has 0 saturated carbocycles. The Morgan fingerprint density at radius 3 is 2.75 bits per heavy atom. The number of aromatic nitrogens is 2. The first-order valence-electron chi connectivity index (χ1n) is 8.46. The molecule has 1 heterocycles. The van der Waals surface area contributed by atoms with Crippen molar-refractivity contribution in [1.82, 2.24) is 9.78 Å². The number of benzene rings is 2. The van der Waals surface area contributed by atoms with E-state index in [1.807, 2.05) is 10.9 Å². The van der Waals surface area contributed by atoms with Crippen molar-refractivity contribution in [3.05, 3.63) is 59.5 Å². The minimum absolute atomic E-state index is 0.000992. The van der Waals surface area contributed by atoms with Crippen molar-refractivity contribution in [1.29, 1.82) is 0 Å². The molecule has 4 heteroatoms. The molecule has 1 aliphatic carbocycles. The smallest absolute Gasteiger partial charge is 0.140 e. The molecule has 1 atom stereocenters. The molecule has 122 valence electrons. The number of aryl methyl sites for hydroxylation is 1. The molecular weight excluding hydrogens is 303 g/mol. The second-order valence-electron chi connectivity index (χ2n) is 6.42. The Kier molecular flexibility index (Phi) is 3.68. The van der Waals surface area contributed by atoms with Crippen molar-refractivity contribution < 1.29 is 9.18 Å². The first-order valence-corrected chi connectivity index (χ1v) is 8.46. The van der Waals surface area contributed by atoms with Crippen LogP contribution in [0.3, 0.4) is 0 Å². The average molecular weight is 322 g/mol. The largest absolute Gasteiger partial charge is 0.299 e. The van der Waals surface area contributed by atoms with Crippen molar-refractivity contribution in [2.24, 2.45) is 0 Å². The van der Waals surface area contributed by atoms with Crippen molar-refractivity contribution in [3.63, 3.8) is 0 Å². The number of fused-ring (bicyclic) bond motifs is 2. The quantitative estimate of drug-likeness (QED) is 0.648. The number of hydrogen-bond acceptors (Lipinski definition) is 2. The number of halogens is 1. The van der Waals surface area contributed by atoms with Crippen LogP contribution >= 0.6 is 0 Å². The first kappa shape index (κ1) is 15.1. The number of rotatable bonds is 2. The standard InChI is InChI=1S/C20H19FN2O/c1-2-17-18-10-14-12-22-23(16-8-6-15(21)7-9-16)19(14)11-13(18)4-3-5-20(17)24/h6-12,17H,2-5H2,1H3. The van der Waals surface area contributed by atoms with Gasteiger partial charge in [-0.1, -0.05) is 6.92 Å². The summed E-state index contributed by atoms with van der Waals surface area (Å²) in [6.07, 6.45) is 5.14. The van der Waals surface area contributed by atoms with Crippen LogP contribution in [0.2, 0.25) is 0 Å². The lowest BCUT2D eigenvalue weighted by Gasteiger charge is -2.15. The number of carbonyl (C=O) groups excluding carboxylic acids is 1. The van der Waals surface area contributed by atoms with Crippen LogP contribution in [-0.2, 0) is 11.2 Å². The van der Waals surface area contributed by atoms with E-state index in [9.17, 15) is 9.18 Å². The maximum absolute atomic E-state index is 13.2. The molecule has 0 aliphatic heterocycles. The van der Waals surface area contributed by atoms with Gasteiger partial charge in [0.05, 0.1) is 17.4 Å². The van der Waals surface area contributed by atoms with Gasteiger partial charge >= 0.3 is 0 Å². The number of Topliss-reactive ketones (excluding diaryl/α,β-unsaturated/α-hetero) is 1. The Labute approximate surface area is 140 Å². The van der Waals surface area contributed by atoms with Gasteiger partial charge in [0.2, 0.25) is 0 Å². The maximum Gasteiger partial charge on any atom is 0.140 e. The second kappa shape index (κ2) is 5.86. The van der Waals surface area contributed by atoms with E-state index in [0.717, 1.165) is 41.4 Å². The van der Waals surface area contributed by atoms with Crippen molar-refractivity contribution in [2.75, 3.05) is 0 Å². The van der Waals surface area contributed by atoms with E-state index in [0.29, 0.717) is 12.2 Å². The molecule has 0 fully saturated rings. The Balaban J connectivity index is 1.88. The number of hydrogen-bond donors (Lipinski definition) is 0. The molecule has 0 radical (unpaired) electrons. The molecule has 1 aliphatic rings. The molecular formula is C20H19FN2O. The fourth-order valence-electron chi connectivity index (χ4n) is 3.71. The zero-order valence-electron chi connectivity index (χ0n) is 13.6. The van der Waals surface area contributed by atoms with Crippen molar-refractivity contribution >= 4 is 16.7 Å². The third-order valence-corrected chi connectivity index (χ3v) is 4.94. The molecule has 1 unspecified atom stereocenters. The van der Waals surface area contributed by atoms with Gasteiger partial charge in [-0.15, -0.1) is 0 Å². The van der Waals surface area contributed by atoms with E-state index >= 15 is 0 Å². The summed E-state index contributed by atoms with van der Waals surface area (Å²) in [5, 5.41) is 5.49. The summed E-state index contributed by atoms with van der Waals surface area (Å²) in [5.41, 5.74) is 4.24. The molecule has 2 aromatic carbocycles. The lowest BCUT2D eigenvalue weighted by Crippen LogP contribution is -2.10. The number of nitrogens with zero attached hydrogens (tertiary/aromatic N) is 2. The Bertz CT molecular complexity index is 911. The van der Waals surface area contributed by atoms with Crippen LogP contribution in [0.1, 0.15) is 43.2 Å². The number of carbonyl (C=O) groups is 1. The summed E-state index contributed by atoms with van der Waals surface area (Å²) >= 11 is 0. The Hall–Kier alpha value is -2.49. The predicted molar refractivity (Wildman–Crippen MR) is 92.0 cm³/mol. The van der Waals surface area contributed by atoms with Crippen LogP contribution < -0.4 is 0 Å². The average Bonchev–Trinajstić information content (AvgIpc) is 2.91. The fraction of sp³-hybridized carbons (Fsp3) is 0.300. The van der Waals surface area contributed by atoms with E-state index < -0.39 is 0 Å². The number of ketones is 1. The van der Waals surface area contributed by atoms with E-state index in [2.05, 4.69) is 24.2 Å². The van der Waals surface area contributed by atoms with Crippen LogP contribution in [-0.4, -0.2) is 15.6 Å². The second-order valence-corrected chi connectivity index (χ2v) is 6.42. The van der Waals surface area contributed by atoms with Crippen molar-refractivity contribution in [2.45, 2.75) is 38.5 Å². The molecule has 0 amide bonds. The SMILES string of the molecule is CCC1C(=O)CCCc2cc3c(cnn3-c3ccc(F)cc3)cc21. The minimum Gasteiger partial charge on any atom is -0.299 e. The summed E-state index contributed by atoms with van der Waals surface area (Å²) < 4.78 is 15.0. The molecule has 0 bridgehead atoms. The molecule has 24 heavy (non-hydrogen) atoms. The zero-order valence-corrected chi connectivity index (χ0v) is 13.6.